The van der Waals surface area contributed by atoms with Crippen LogP contribution >= 0.6 is 0 Å². The number of hydrogen-bond acceptors (Lipinski definition) is 6. The first-order valence-corrected chi connectivity index (χ1v) is 17.1. The molecule has 2 unspecified atom stereocenters. The molecule has 7 nitrogen and oxygen atoms in total. The number of benzene rings is 1. The Labute approximate surface area is 260 Å². The first-order valence-electron chi connectivity index (χ1n) is 17.1. The summed E-state index contributed by atoms with van der Waals surface area (Å²) in [5.74, 6) is 2.91. The number of piperidine rings is 1. The Kier molecular flexibility index (Phi) is 10.8. The second-order valence-electron chi connectivity index (χ2n) is 13.7. The highest BCUT2D eigenvalue weighted by atomic mass is 16.3. The van der Waals surface area contributed by atoms with Gasteiger partial charge in [-0.05, 0) is 121 Å². The van der Waals surface area contributed by atoms with Crippen molar-refractivity contribution in [1.29, 1.82) is 0 Å². The molecule has 2 aromatic heterocycles. The largest absolute Gasteiger partial charge is 0.508 e. The van der Waals surface area contributed by atoms with Crippen molar-refractivity contribution in [1.82, 2.24) is 29.2 Å². The molecule has 236 valence electrons. The predicted octanol–water partition coefficient (Wildman–Crippen LogP) is 7.00. The maximum Gasteiger partial charge on any atom is 0.160 e. The maximum absolute atomic E-state index is 10.2. The number of aromatic nitrogens is 3. The number of hydrogen-bond donors (Lipinski definition) is 1. The van der Waals surface area contributed by atoms with Crippen LogP contribution in [-0.2, 0) is 18.6 Å². The van der Waals surface area contributed by atoms with Crippen LogP contribution in [0.4, 0.5) is 0 Å². The van der Waals surface area contributed by atoms with E-state index in [9.17, 15) is 5.11 Å². The third-order valence-electron chi connectivity index (χ3n) is 10.5. The molecule has 3 aromatic rings. The van der Waals surface area contributed by atoms with E-state index >= 15 is 0 Å². The van der Waals surface area contributed by atoms with E-state index in [4.69, 9.17) is 9.97 Å². The van der Waals surface area contributed by atoms with Crippen molar-refractivity contribution in [2.45, 2.75) is 103 Å². The first kappa shape index (κ1) is 31.9. The Morgan fingerprint density at radius 2 is 1.79 bits per heavy atom. The Balaban J connectivity index is 1.30. The van der Waals surface area contributed by atoms with Gasteiger partial charge in [-0.2, -0.15) is 0 Å². The van der Waals surface area contributed by atoms with Crippen molar-refractivity contribution >= 4 is 11.2 Å². The van der Waals surface area contributed by atoms with Crippen LogP contribution in [-0.4, -0.2) is 81.7 Å². The number of likely N-dealkylation sites (tertiary alicyclic amines) is 1. The summed E-state index contributed by atoms with van der Waals surface area (Å²) in [6, 6.07) is 10.1. The number of aryl methyl sites for hydroxylation is 1. The molecule has 0 aliphatic carbocycles. The number of nitrogens with zero attached hydrogens (tertiary/aromatic N) is 6. The van der Waals surface area contributed by atoms with Crippen molar-refractivity contribution < 1.29 is 5.11 Å². The molecule has 2 fully saturated rings. The Morgan fingerprint density at radius 1 is 1.02 bits per heavy atom. The molecule has 2 aliphatic rings. The third kappa shape index (κ3) is 7.43. The molecule has 1 aromatic carbocycles. The van der Waals surface area contributed by atoms with E-state index in [1.807, 2.05) is 12.1 Å². The lowest BCUT2D eigenvalue weighted by molar-refractivity contribution is 0.0505. The van der Waals surface area contributed by atoms with Crippen molar-refractivity contribution in [3.63, 3.8) is 0 Å². The van der Waals surface area contributed by atoms with Crippen molar-refractivity contribution in [2.75, 3.05) is 47.3 Å². The van der Waals surface area contributed by atoms with E-state index in [0.29, 0.717) is 11.7 Å². The van der Waals surface area contributed by atoms with Crippen molar-refractivity contribution in [2.24, 2.45) is 5.92 Å². The predicted molar refractivity (Wildman–Crippen MR) is 178 cm³/mol. The SMILES string of the molecule is CCCC(CC1CCCCN(C)CCC1)c1nc2cc(CN3CCC(c4cccc(O)c4)(N(C)C)CC3)cnc2n1CC. The van der Waals surface area contributed by atoms with Crippen LogP contribution in [0.15, 0.2) is 36.5 Å². The first-order chi connectivity index (χ1) is 20.8. The van der Waals surface area contributed by atoms with E-state index in [1.54, 1.807) is 6.07 Å². The van der Waals surface area contributed by atoms with Gasteiger partial charge in [-0.15, -0.1) is 0 Å². The zero-order valence-electron chi connectivity index (χ0n) is 27.6. The van der Waals surface area contributed by atoms with Crippen molar-refractivity contribution in [3.8, 4) is 5.75 Å². The van der Waals surface area contributed by atoms with Gasteiger partial charge in [0.05, 0.1) is 0 Å². The quantitative estimate of drug-likeness (QED) is 0.275. The molecule has 0 saturated carbocycles. The van der Waals surface area contributed by atoms with E-state index in [1.165, 1.54) is 81.4 Å². The second kappa shape index (κ2) is 14.5. The zero-order chi connectivity index (χ0) is 30.4. The van der Waals surface area contributed by atoms with Gasteiger partial charge in [0.1, 0.15) is 17.1 Å². The minimum absolute atomic E-state index is 0.0495. The standard InChI is InChI=1S/C36H56N6O/c1-6-12-30(23-28-13-8-9-19-40(5)20-11-14-28)34-38-33-24-29(26-37-35(33)42(34)7-2)27-41-21-17-36(18-22-41,39(3)4)31-15-10-16-32(43)25-31/h10,15-16,24-26,28,30,43H,6-9,11-14,17-23,27H2,1-5H3. The molecule has 0 bridgehead atoms. The highest BCUT2D eigenvalue weighted by Gasteiger charge is 2.38. The zero-order valence-corrected chi connectivity index (χ0v) is 27.6. The Bertz CT molecular complexity index is 1310. The highest BCUT2D eigenvalue weighted by molar-refractivity contribution is 5.72. The monoisotopic (exact) mass is 588 g/mol. The molecule has 2 aliphatic heterocycles. The minimum atomic E-state index is -0.0495. The smallest absolute Gasteiger partial charge is 0.160 e. The fourth-order valence-electron chi connectivity index (χ4n) is 7.97. The van der Waals surface area contributed by atoms with Gasteiger partial charge >= 0.3 is 0 Å². The molecular formula is C36H56N6O. The molecule has 2 atom stereocenters. The molecule has 4 heterocycles. The molecule has 0 radical (unpaired) electrons. The lowest BCUT2D eigenvalue weighted by Gasteiger charge is -2.46. The summed E-state index contributed by atoms with van der Waals surface area (Å²) in [6.07, 6.45) is 14.5. The lowest BCUT2D eigenvalue weighted by atomic mass is 9.79. The second-order valence-corrected chi connectivity index (χ2v) is 13.7. The van der Waals surface area contributed by atoms with Crippen LogP contribution in [0.25, 0.3) is 11.2 Å². The van der Waals surface area contributed by atoms with Gasteiger partial charge in [-0.3, -0.25) is 9.80 Å². The lowest BCUT2D eigenvalue weighted by Crippen LogP contribution is -2.50. The van der Waals surface area contributed by atoms with Gasteiger partial charge in [0.15, 0.2) is 5.65 Å². The number of imidazole rings is 1. The van der Waals surface area contributed by atoms with Gasteiger partial charge in [-0.25, -0.2) is 9.97 Å². The molecule has 0 spiro atoms. The highest BCUT2D eigenvalue weighted by Crippen LogP contribution is 2.39. The molecule has 1 N–H and O–H groups in total. The summed E-state index contributed by atoms with van der Waals surface area (Å²) >= 11 is 0. The molecule has 43 heavy (non-hydrogen) atoms. The van der Waals surface area contributed by atoms with Crippen LogP contribution in [0.5, 0.6) is 5.75 Å². The summed E-state index contributed by atoms with van der Waals surface area (Å²) in [4.78, 5) is 17.8. The van der Waals surface area contributed by atoms with Gasteiger partial charge in [0.25, 0.3) is 0 Å². The van der Waals surface area contributed by atoms with Crippen LogP contribution in [0, 0.1) is 5.92 Å². The fraction of sp³-hybridized carbons (Fsp3) is 0.667. The summed E-state index contributed by atoms with van der Waals surface area (Å²) in [6.45, 7) is 10.9. The molecule has 2 saturated heterocycles. The van der Waals surface area contributed by atoms with E-state index in [0.717, 1.165) is 56.1 Å². The van der Waals surface area contributed by atoms with E-state index in [-0.39, 0.29) is 5.54 Å². The summed E-state index contributed by atoms with van der Waals surface area (Å²) in [7, 11) is 6.62. The number of pyridine rings is 1. The van der Waals surface area contributed by atoms with Crippen molar-refractivity contribution in [3.05, 3.63) is 53.5 Å². The molecule has 5 rings (SSSR count). The molecule has 0 amide bonds. The molecular weight excluding hydrogens is 532 g/mol. The summed E-state index contributed by atoms with van der Waals surface area (Å²) in [5, 5.41) is 10.2. The minimum Gasteiger partial charge on any atom is -0.508 e. The number of fused-ring (bicyclic) bond motifs is 1. The Morgan fingerprint density at radius 3 is 2.51 bits per heavy atom. The van der Waals surface area contributed by atoms with Gasteiger partial charge in [0.2, 0.25) is 0 Å². The maximum atomic E-state index is 10.2. The van der Waals surface area contributed by atoms with Gasteiger partial charge < -0.3 is 14.6 Å². The Hall–Kier alpha value is -2.48. The number of phenols is 1. The van der Waals surface area contributed by atoms with E-state index in [2.05, 4.69) is 72.6 Å². The average molecular weight is 589 g/mol. The van der Waals surface area contributed by atoms with Gasteiger partial charge in [-0.1, -0.05) is 38.3 Å². The normalized spacial score (nSPS) is 21.5. The van der Waals surface area contributed by atoms with E-state index < -0.39 is 0 Å². The summed E-state index contributed by atoms with van der Waals surface area (Å²) in [5.41, 5.74) is 4.52. The van der Waals surface area contributed by atoms with Crippen LogP contribution in [0.1, 0.15) is 101 Å². The number of rotatable bonds is 10. The van der Waals surface area contributed by atoms with Crippen LogP contribution in [0.2, 0.25) is 0 Å². The fourth-order valence-corrected chi connectivity index (χ4v) is 7.97. The number of aromatic hydroxyl groups is 1. The third-order valence-corrected chi connectivity index (χ3v) is 10.5. The number of phenolic OH excluding ortho intramolecular Hbond substituents is 1. The van der Waals surface area contributed by atoms with Crippen LogP contribution in [0.3, 0.4) is 0 Å². The average Bonchev–Trinajstić information content (AvgIpc) is 3.40. The topological polar surface area (TPSA) is 60.7 Å². The molecule has 7 heteroatoms. The van der Waals surface area contributed by atoms with Gasteiger partial charge in [0, 0.05) is 43.8 Å². The summed E-state index contributed by atoms with van der Waals surface area (Å²) < 4.78 is 2.41. The van der Waals surface area contributed by atoms with Crippen LogP contribution < -0.4 is 0 Å².